The molecule has 0 amide bonds. The van der Waals surface area contributed by atoms with Crippen LogP contribution in [0, 0.1) is 13.8 Å². The summed E-state index contributed by atoms with van der Waals surface area (Å²) < 4.78 is 26.8. The van der Waals surface area contributed by atoms with Gasteiger partial charge in [0.1, 0.15) is 0 Å². The minimum atomic E-state index is -3.77. The Labute approximate surface area is 122 Å². The smallest absolute Gasteiger partial charge is 0.264 e. The zero-order valence-corrected chi connectivity index (χ0v) is 12.7. The number of thiol groups is 1. The second-order valence-corrected chi connectivity index (χ2v) is 6.46. The quantitative estimate of drug-likeness (QED) is 0.593. The standard InChI is InChI=1S/C12H14N4O2S2/c1-7-5-8(2)15-12(14-7)16-20(17,18)9-3-4-10(13)11(19)6-9/h3-6,19H,13H2,1-2H3,(H,14,15,16). The number of sulfonamides is 1. The molecule has 20 heavy (non-hydrogen) atoms. The second-order valence-electron chi connectivity index (χ2n) is 4.30. The Hall–Kier alpha value is -1.80. The van der Waals surface area contributed by atoms with Gasteiger partial charge in [-0.1, -0.05) is 0 Å². The van der Waals surface area contributed by atoms with Gasteiger partial charge in [-0.15, -0.1) is 12.6 Å². The van der Waals surface area contributed by atoms with Crippen molar-refractivity contribution in [3.05, 3.63) is 35.7 Å². The first-order valence-corrected chi connectivity index (χ1v) is 7.64. The molecular formula is C12H14N4O2S2. The van der Waals surface area contributed by atoms with Crippen molar-refractivity contribution in [1.82, 2.24) is 9.97 Å². The molecule has 0 bridgehead atoms. The molecule has 6 nitrogen and oxygen atoms in total. The highest BCUT2D eigenvalue weighted by molar-refractivity contribution is 7.92. The zero-order chi connectivity index (χ0) is 14.9. The summed E-state index contributed by atoms with van der Waals surface area (Å²) in [4.78, 5) is 8.53. The first-order valence-electron chi connectivity index (χ1n) is 5.71. The van der Waals surface area contributed by atoms with E-state index in [0.29, 0.717) is 22.0 Å². The van der Waals surface area contributed by atoms with Crippen LogP contribution in [0.25, 0.3) is 0 Å². The van der Waals surface area contributed by atoms with E-state index in [-0.39, 0.29) is 10.8 Å². The molecule has 0 radical (unpaired) electrons. The Morgan fingerprint density at radius 3 is 2.30 bits per heavy atom. The maximum Gasteiger partial charge on any atom is 0.264 e. The highest BCUT2D eigenvalue weighted by atomic mass is 32.2. The van der Waals surface area contributed by atoms with Crippen LogP contribution in [0.4, 0.5) is 11.6 Å². The summed E-state index contributed by atoms with van der Waals surface area (Å²) in [5.41, 5.74) is 7.39. The van der Waals surface area contributed by atoms with Crippen molar-refractivity contribution in [3.8, 4) is 0 Å². The molecule has 0 saturated carbocycles. The van der Waals surface area contributed by atoms with Gasteiger partial charge in [-0.3, -0.25) is 0 Å². The van der Waals surface area contributed by atoms with E-state index in [1.807, 2.05) is 0 Å². The number of nitrogen functional groups attached to an aromatic ring is 1. The lowest BCUT2D eigenvalue weighted by atomic mass is 10.3. The molecular weight excluding hydrogens is 296 g/mol. The molecule has 8 heteroatoms. The molecule has 0 spiro atoms. The Kier molecular flexibility index (Phi) is 3.87. The minimum absolute atomic E-state index is 0.0417. The summed E-state index contributed by atoms with van der Waals surface area (Å²) in [7, 11) is -3.77. The van der Waals surface area contributed by atoms with Gasteiger partial charge in [-0.05, 0) is 38.1 Å². The first-order chi connectivity index (χ1) is 9.28. The van der Waals surface area contributed by atoms with Gasteiger partial charge >= 0.3 is 0 Å². The van der Waals surface area contributed by atoms with E-state index in [9.17, 15) is 8.42 Å². The number of nitrogens with two attached hydrogens (primary N) is 1. The number of anilines is 2. The van der Waals surface area contributed by atoms with Crippen molar-refractivity contribution in [3.63, 3.8) is 0 Å². The van der Waals surface area contributed by atoms with E-state index in [2.05, 4.69) is 27.3 Å². The van der Waals surface area contributed by atoms with Crippen molar-refractivity contribution in [2.45, 2.75) is 23.6 Å². The fourth-order valence-corrected chi connectivity index (χ4v) is 2.91. The van der Waals surface area contributed by atoms with E-state index < -0.39 is 10.0 Å². The largest absolute Gasteiger partial charge is 0.398 e. The Morgan fingerprint density at radius 2 is 1.75 bits per heavy atom. The van der Waals surface area contributed by atoms with Crippen LogP contribution < -0.4 is 10.5 Å². The molecule has 0 saturated heterocycles. The second kappa shape index (κ2) is 5.29. The van der Waals surface area contributed by atoms with Gasteiger partial charge in [0.15, 0.2) is 0 Å². The third kappa shape index (κ3) is 3.20. The lowest BCUT2D eigenvalue weighted by Crippen LogP contribution is -2.16. The normalized spacial score (nSPS) is 11.3. The number of aryl methyl sites for hydroxylation is 2. The van der Waals surface area contributed by atoms with Crippen LogP contribution in [0.5, 0.6) is 0 Å². The topological polar surface area (TPSA) is 98.0 Å². The van der Waals surface area contributed by atoms with Crippen LogP contribution in [-0.4, -0.2) is 18.4 Å². The van der Waals surface area contributed by atoms with E-state index in [1.54, 1.807) is 19.9 Å². The first kappa shape index (κ1) is 14.6. The number of benzene rings is 1. The fraction of sp³-hybridized carbons (Fsp3) is 0.167. The van der Waals surface area contributed by atoms with Gasteiger partial charge < -0.3 is 5.73 Å². The number of nitrogens with zero attached hydrogens (tertiary/aromatic N) is 2. The van der Waals surface area contributed by atoms with Crippen LogP contribution >= 0.6 is 12.6 Å². The van der Waals surface area contributed by atoms with Crippen molar-refractivity contribution in [2.75, 3.05) is 10.5 Å². The molecule has 0 atom stereocenters. The summed E-state index contributed by atoms with van der Waals surface area (Å²) in [6.45, 7) is 3.53. The average Bonchev–Trinajstić information content (AvgIpc) is 2.30. The number of nitrogens with one attached hydrogen (secondary N) is 1. The molecule has 1 heterocycles. The van der Waals surface area contributed by atoms with Crippen molar-refractivity contribution >= 4 is 34.3 Å². The third-order valence-electron chi connectivity index (χ3n) is 2.52. The molecule has 0 aliphatic heterocycles. The Balaban J connectivity index is 2.37. The molecule has 0 unspecified atom stereocenters. The van der Waals surface area contributed by atoms with Gasteiger partial charge in [-0.25, -0.2) is 23.1 Å². The molecule has 3 N–H and O–H groups in total. The van der Waals surface area contributed by atoms with Gasteiger partial charge in [0, 0.05) is 22.0 Å². The predicted octanol–water partition coefficient (Wildman–Crippen LogP) is 1.77. The number of rotatable bonds is 3. The van der Waals surface area contributed by atoms with Crippen LogP contribution in [0.15, 0.2) is 34.1 Å². The summed E-state index contributed by atoms with van der Waals surface area (Å²) in [5.74, 6) is 0.0417. The third-order valence-corrected chi connectivity index (χ3v) is 4.23. The highest BCUT2D eigenvalue weighted by Gasteiger charge is 2.17. The van der Waals surface area contributed by atoms with Crippen LogP contribution in [0.3, 0.4) is 0 Å². The van der Waals surface area contributed by atoms with Crippen LogP contribution in [0.2, 0.25) is 0 Å². The molecule has 1 aromatic heterocycles. The van der Waals surface area contributed by atoms with Crippen LogP contribution in [0.1, 0.15) is 11.4 Å². The fourth-order valence-electron chi connectivity index (χ4n) is 1.64. The zero-order valence-electron chi connectivity index (χ0n) is 11.0. The maximum absolute atomic E-state index is 12.2. The summed E-state index contributed by atoms with van der Waals surface area (Å²) in [6, 6.07) is 6.02. The van der Waals surface area contributed by atoms with Crippen LogP contribution in [-0.2, 0) is 10.0 Å². The Bertz CT molecular complexity index is 740. The van der Waals surface area contributed by atoms with Gasteiger partial charge in [-0.2, -0.15) is 0 Å². The van der Waals surface area contributed by atoms with Crippen molar-refractivity contribution < 1.29 is 8.42 Å². The highest BCUT2D eigenvalue weighted by Crippen LogP contribution is 2.22. The van der Waals surface area contributed by atoms with E-state index in [4.69, 9.17) is 5.73 Å². The molecule has 2 rings (SSSR count). The SMILES string of the molecule is Cc1cc(C)nc(NS(=O)(=O)c2ccc(N)c(S)c2)n1. The maximum atomic E-state index is 12.2. The minimum Gasteiger partial charge on any atom is -0.398 e. The van der Waals surface area contributed by atoms with E-state index in [0.717, 1.165) is 0 Å². The lowest BCUT2D eigenvalue weighted by molar-refractivity contribution is 0.600. The molecule has 0 fully saturated rings. The average molecular weight is 310 g/mol. The molecule has 0 aliphatic rings. The lowest BCUT2D eigenvalue weighted by Gasteiger charge is -2.09. The van der Waals surface area contributed by atoms with E-state index in [1.165, 1.54) is 18.2 Å². The van der Waals surface area contributed by atoms with Gasteiger partial charge in [0.2, 0.25) is 5.95 Å². The van der Waals surface area contributed by atoms with Crippen molar-refractivity contribution in [2.24, 2.45) is 0 Å². The monoisotopic (exact) mass is 310 g/mol. The Morgan fingerprint density at radius 1 is 1.15 bits per heavy atom. The number of hydrogen-bond acceptors (Lipinski definition) is 6. The predicted molar refractivity (Wildman–Crippen MR) is 80.4 cm³/mol. The summed E-state index contributed by atoms with van der Waals surface area (Å²) >= 11 is 4.11. The van der Waals surface area contributed by atoms with E-state index >= 15 is 0 Å². The van der Waals surface area contributed by atoms with Crippen molar-refractivity contribution in [1.29, 1.82) is 0 Å². The molecule has 0 aliphatic carbocycles. The molecule has 1 aromatic carbocycles. The number of hydrogen-bond donors (Lipinski definition) is 3. The van der Waals surface area contributed by atoms with Gasteiger partial charge in [0.05, 0.1) is 4.90 Å². The van der Waals surface area contributed by atoms with Gasteiger partial charge in [0.25, 0.3) is 10.0 Å². The summed E-state index contributed by atoms with van der Waals surface area (Å²) in [5, 5.41) is 0. The molecule has 106 valence electrons. The summed E-state index contributed by atoms with van der Waals surface area (Å²) in [6.07, 6.45) is 0. The number of aromatic nitrogens is 2. The molecule has 2 aromatic rings.